The summed E-state index contributed by atoms with van der Waals surface area (Å²) < 4.78 is 0. The molecule has 1 aliphatic rings. The molecule has 1 aliphatic heterocycles. The molecule has 0 spiro atoms. The first kappa shape index (κ1) is 19.0. The molecule has 3 N–H and O–H groups in total. The van der Waals surface area contributed by atoms with Crippen LogP contribution in [-0.4, -0.2) is 22.2 Å². The fourth-order valence-corrected chi connectivity index (χ4v) is 3.54. The molecule has 2 aromatic rings. The van der Waals surface area contributed by atoms with Gasteiger partial charge in [-0.05, 0) is 52.6 Å². The van der Waals surface area contributed by atoms with E-state index in [1.807, 2.05) is 26.8 Å². The number of thioether (sulfide) groups is 1. The highest BCUT2D eigenvalue weighted by molar-refractivity contribution is 8.15. The van der Waals surface area contributed by atoms with Gasteiger partial charge in [-0.1, -0.05) is 39.0 Å². The smallest absolute Gasteiger partial charge is 0.286 e. The number of hydrogen-bond acceptors (Lipinski definition) is 5. The second-order valence-electron chi connectivity index (χ2n) is 7.33. The maximum Gasteiger partial charge on any atom is 0.286 e. The van der Waals surface area contributed by atoms with Crippen molar-refractivity contribution in [2.45, 2.75) is 31.4 Å². The van der Waals surface area contributed by atoms with Crippen LogP contribution in [0, 0.1) is 0 Å². The average molecular weight is 384 g/mol. The molecule has 0 aliphatic carbocycles. The van der Waals surface area contributed by atoms with Crippen molar-refractivity contribution in [1.29, 1.82) is 0 Å². The number of rotatable bonds is 3. The molecule has 140 valence electrons. The van der Waals surface area contributed by atoms with E-state index < -0.39 is 11.2 Å². The van der Waals surface area contributed by atoms with Crippen LogP contribution in [0.4, 0.5) is 10.5 Å². The van der Waals surface area contributed by atoms with E-state index in [4.69, 9.17) is 0 Å². The number of aromatic hydroxyl groups is 1. The highest BCUT2D eigenvalue weighted by Gasteiger charge is 2.32. The predicted molar refractivity (Wildman–Crippen MR) is 105 cm³/mol. The van der Waals surface area contributed by atoms with Crippen molar-refractivity contribution in [2.24, 2.45) is 0 Å². The summed E-state index contributed by atoms with van der Waals surface area (Å²) in [5, 5.41) is 14.2. The molecule has 27 heavy (non-hydrogen) atoms. The standard InChI is InChI=1S/C20H20N2O4S/c1-20(2,3)12-6-9-14(15(23)10-12)17(24)21-13-7-4-11(5-8-13)16-18(25)22-19(26)27-16/h4-10,16,23H,1-3H3,(H,21,24)(H,22,25,26). The van der Waals surface area contributed by atoms with E-state index in [1.54, 1.807) is 36.4 Å². The lowest BCUT2D eigenvalue weighted by molar-refractivity contribution is -0.119. The minimum Gasteiger partial charge on any atom is -0.507 e. The summed E-state index contributed by atoms with van der Waals surface area (Å²) in [7, 11) is 0. The Bertz CT molecular complexity index is 917. The Kier molecular flexibility index (Phi) is 4.97. The first-order valence-electron chi connectivity index (χ1n) is 8.41. The van der Waals surface area contributed by atoms with Gasteiger partial charge in [0.1, 0.15) is 11.0 Å². The Morgan fingerprint density at radius 1 is 1.11 bits per heavy atom. The van der Waals surface area contributed by atoms with E-state index in [9.17, 15) is 19.5 Å². The molecule has 1 fully saturated rings. The molecular formula is C20H20N2O4S. The summed E-state index contributed by atoms with van der Waals surface area (Å²) in [5.41, 5.74) is 2.19. The van der Waals surface area contributed by atoms with Crippen LogP contribution in [0.3, 0.4) is 0 Å². The largest absolute Gasteiger partial charge is 0.507 e. The van der Waals surface area contributed by atoms with Gasteiger partial charge in [-0.25, -0.2) is 0 Å². The predicted octanol–water partition coefficient (Wildman–Crippen LogP) is 3.97. The van der Waals surface area contributed by atoms with E-state index in [-0.39, 0.29) is 27.9 Å². The quantitative estimate of drug-likeness (QED) is 0.744. The van der Waals surface area contributed by atoms with Gasteiger partial charge in [0.2, 0.25) is 5.91 Å². The van der Waals surface area contributed by atoms with Crippen molar-refractivity contribution in [3.8, 4) is 5.75 Å². The molecule has 6 nitrogen and oxygen atoms in total. The highest BCUT2D eigenvalue weighted by Crippen LogP contribution is 2.34. The van der Waals surface area contributed by atoms with Crippen LogP contribution in [0.15, 0.2) is 42.5 Å². The third kappa shape index (κ3) is 4.14. The van der Waals surface area contributed by atoms with E-state index in [2.05, 4.69) is 10.6 Å². The van der Waals surface area contributed by atoms with Gasteiger partial charge in [0.05, 0.1) is 5.56 Å². The molecule has 1 heterocycles. The number of benzene rings is 2. The lowest BCUT2D eigenvalue weighted by atomic mass is 9.86. The SMILES string of the molecule is CC(C)(C)c1ccc(C(=O)Nc2ccc(C3SC(=O)NC3=O)cc2)c(O)c1. The van der Waals surface area contributed by atoms with E-state index >= 15 is 0 Å². The van der Waals surface area contributed by atoms with Gasteiger partial charge in [-0.2, -0.15) is 0 Å². The Morgan fingerprint density at radius 3 is 2.30 bits per heavy atom. The molecule has 0 bridgehead atoms. The average Bonchev–Trinajstić information content (AvgIpc) is 2.93. The molecule has 0 radical (unpaired) electrons. The van der Waals surface area contributed by atoms with Crippen molar-refractivity contribution >= 4 is 34.5 Å². The highest BCUT2D eigenvalue weighted by atomic mass is 32.2. The maximum absolute atomic E-state index is 12.4. The first-order chi connectivity index (χ1) is 12.6. The second kappa shape index (κ2) is 7.08. The van der Waals surface area contributed by atoms with E-state index in [1.165, 1.54) is 0 Å². The van der Waals surface area contributed by atoms with Crippen LogP contribution >= 0.6 is 11.8 Å². The minimum atomic E-state index is -0.573. The third-order valence-electron chi connectivity index (χ3n) is 4.27. The second-order valence-corrected chi connectivity index (χ2v) is 8.41. The maximum atomic E-state index is 12.4. The van der Waals surface area contributed by atoms with Crippen LogP contribution in [0.1, 0.15) is 47.5 Å². The van der Waals surface area contributed by atoms with Gasteiger partial charge in [0.25, 0.3) is 11.1 Å². The van der Waals surface area contributed by atoms with Gasteiger partial charge in [0, 0.05) is 5.69 Å². The fourth-order valence-electron chi connectivity index (χ4n) is 2.71. The van der Waals surface area contributed by atoms with Crippen molar-refractivity contribution < 1.29 is 19.5 Å². The topological polar surface area (TPSA) is 95.5 Å². The normalized spacial score (nSPS) is 16.9. The van der Waals surface area contributed by atoms with Crippen LogP contribution in [0.2, 0.25) is 0 Å². The third-order valence-corrected chi connectivity index (χ3v) is 5.31. The summed E-state index contributed by atoms with van der Waals surface area (Å²) in [6, 6.07) is 11.7. The van der Waals surface area contributed by atoms with Crippen LogP contribution < -0.4 is 10.6 Å². The van der Waals surface area contributed by atoms with Gasteiger partial charge < -0.3 is 10.4 Å². The van der Waals surface area contributed by atoms with Crippen molar-refractivity contribution in [3.05, 3.63) is 59.2 Å². The van der Waals surface area contributed by atoms with Gasteiger partial charge in [-0.3, -0.25) is 19.7 Å². The number of carbonyl (C=O) groups excluding carboxylic acids is 3. The molecule has 0 saturated carbocycles. The Hall–Kier alpha value is -2.80. The molecule has 7 heteroatoms. The summed E-state index contributed by atoms with van der Waals surface area (Å²) in [5.74, 6) is -0.844. The van der Waals surface area contributed by atoms with Gasteiger partial charge in [0.15, 0.2) is 0 Å². The van der Waals surface area contributed by atoms with Crippen molar-refractivity contribution in [3.63, 3.8) is 0 Å². The minimum absolute atomic E-state index is 0.0749. The van der Waals surface area contributed by atoms with Gasteiger partial charge in [-0.15, -0.1) is 0 Å². The van der Waals surface area contributed by atoms with Crippen LogP contribution in [0.25, 0.3) is 0 Å². The molecular weight excluding hydrogens is 364 g/mol. The Labute approximate surface area is 161 Å². The molecule has 1 saturated heterocycles. The number of phenols is 1. The zero-order valence-electron chi connectivity index (χ0n) is 15.2. The molecule has 2 aromatic carbocycles. The molecule has 3 rings (SSSR count). The number of hydrogen-bond donors (Lipinski definition) is 3. The first-order valence-corrected chi connectivity index (χ1v) is 9.29. The molecule has 1 unspecified atom stereocenters. The summed E-state index contributed by atoms with van der Waals surface area (Å²) >= 11 is 0.929. The van der Waals surface area contributed by atoms with Gasteiger partial charge >= 0.3 is 0 Å². The van der Waals surface area contributed by atoms with E-state index in [0.717, 1.165) is 17.3 Å². The monoisotopic (exact) mass is 384 g/mol. The number of nitrogens with one attached hydrogen (secondary N) is 2. The number of carbonyl (C=O) groups is 3. The Balaban J connectivity index is 1.73. The number of amides is 3. The zero-order valence-corrected chi connectivity index (χ0v) is 16.0. The zero-order chi connectivity index (χ0) is 19.8. The summed E-state index contributed by atoms with van der Waals surface area (Å²) in [6.07, 6.45) is 0. The number of imide groups is 1. The van der Waals surface area contributed by atoms with Crippen molar-refractivity contribution in [2.75, 3.05) is 5.32 Å². The summed E-state index contributed by atoms with van der Waals surface area (Å²) in [6.45, 7) is 6.08. The lowest BCUT2D eigenvalue weighted by Gasteiger charge is -2.19. The fraction of sp³-hybridized carbons (Fsp3) is 0.250. The molecule has 3 amide bonds. The molecule has 0 aromatic heterocycles. The molecule has 1 atom stereocenters. The number of phenolic OH excluding ortho intramolecular Hbond substituents is 1. The van der Waals surface area contributed by atoms with Crippen LogP contribution in [-0.2, 0) is 10.2 Å². The lowest BCUT2D eigenvalue weighted by Crippen LogP contribution is -2.20. The number of anilines is 1. The van der Waals surface area contributed by atoms with Crippen molar-refractivity contribution in [1.82, 2.24) is 5.32 Å². The van der Waals surface area contributed by atoms with E-state index in [0.29, 0.717) is 11.3 Å². The van der Waals surface area contributed by atoms with Crippen LogP contribution in [0.5, 0.6) is 5.75 Å². The summed E-state index contributed by atoms with van der Waals surface area (Å²) in [4.78, 5) is 35.4. The Morgan fingerprint density at radius 2 is 1.78 bits per heavy atom.